The van der Waals surface area contributed by atoms with Gasteiger partial charge >= 0.3 is 0 Å². The Bertz CT molecular complexity index is 402. The van der Waals surface area contributed by atoms with Crippen LogP contribution in [0, 0.1) is 11.6 Å². The number of hydrogen-bond donors (Lipinski definition) is 1. The van der Waals surface area contributed by atoms with Crippen molar-refractivity contribution in [2.75, 3.05) is 19.8 Å². The van der Waals surface area contributed by atoms with Crippen LogP contribution in [0.3, 0.4) is 0 Å². The fourth-order valence-corrected chi connectivity index (χ4v) is 2.02. The molecule has 2 rings (SSSR count). The summed E-state index contributed by atoms with van der Waals surface area (Å²) in [6.45, 7) is 5.68. The van der Waals surface area contributed by atoms with Crippen LogP contribution in [0.5, 0.6) is 0 Å². The number of halogens is 2. The highest BCUT2D eigenvalue weighted by atomic mass is 19.1. The molecule has 1 aliphatic rings. The van der Waals surface area contributed by atoms with E-state index in [1.807, 2.05) is 13.8 Å². The Morgan fingerprint density at radius 1 is 1.35 bits per heavy atom. The molecule has 0 bridgehead atoms. The highest BCUT2D eigenvalue weighted by molar-refractivity contribution is 5.30. The topological polar surface area (TPSA) is 21.3 Å². The summed E-state index contributed by atoms with van der Waals surface area (Å²) in [7, 11) is 0. The monoisotopic (exact) mass is 241 g/mol. The first-order valence-electron chi connectivity index (χ1n) is 5.80. The van der Waals surface area contributed by atoms with Gasteiger partial charge in [0.25, 0.3) is 0 Å². The first-order chi connectivity index (χ1) is 8.03. The lowest BCUT2D eigenvalue weighted by molar-refractivity contribution is -0.0613. The van der Waals surface area contributed by atoms with E-state index in [0.29, 0.717) is 31.4 Å². The number of ether oxygens (including phenoxy) is 1. The fraction of sp³-hybridized carbons (Fsp3) is 0.538. The summed E-state index contributed by atoms with van der Waals surface area (Å²) in [5.41, 5.74) is 0.195. The molecule has 1 aliphatic heterocycles. The molecule has 0 unspecified atom stereocenters. The summed E-state index contributed by atoms with van der Waals surface area (Å²) in [6.07, 6.45) is 0. The Morgan fingerprint density at radius 3 is 2.53 bits per heavy atom. The van der Waals surface area contributed by atoms with Crippen molar-refractivity contribution in [3.8, 4) is 0 Å². The smallest absolute Gasteiger partial charge is 0.130 e. The van der Waals surface area contributed by atoms with Crippen LogP contribution in [0.25, 0.3) is 0 Å². The van der Waals surface area contributed by atoms with Gasteiger partial charge < -0.3 is 10.1 Å². The minimum absolute atomic E-state index is 0.330. The van der Waals surface area contributed by atoms with Crippen LogP contribution < -0.4 is 5.32 Å². The summed E-state index contributed by atoms with van der Waals surface area (Å²) in [4.78, 5) is 0. The number of benzene rings is 1. The highest BCUT2D eigenvalue weighted by Crippen LogP contribution is 2.33. The average Bonchev–Trinajstić information content (AvgIpc) is 2.18. The SMILES string of the molecule is CC(C)NCC1(c2ccc(F)cc2F)COC1. The van der Waals surface area contributed by atoms with Gasteiger partial charge in [0.05, 0.1) is 18.6 Å². The second-order valence-electron chi connectivity index (χ2n) is 4.93. The molecule has 0 radical (unpaired) electrons. The normalized spacial score (nSPS) is 18.2. The van der Waals surface area contributed by atoms with Crippen LogP contribution in [0.1, 0.15) is 19.4 Å². The number of rotatable bonds is 4. The third-order valence-electron chi connectivity index (χ3n) is 3.11. The van der Waals surface area contributed by atoms with Crippen molar-refractivity contribution in [2.24, 2.45) is 0 Å². The van der Waals surface area contributed by atoms with Crippen LogP contribution in [-0.4, -0.2) is 25.8 Å². The Balaban J connectivity index is 2.22. The maximum absolute atomic E-state index is 13.8. The largest absolute Gasteiger partial charge is 0.379 e. The van der Waals surface area contributed by atoms with Gasteiger partial charge in [0, 0.05) is 24.2 Å². The van der Waals surface area contributed by atoms with Crippen molar-refractivity contribution in [1.29, 1.82) is 0 Å². The quantitative estimate of drug-likeness (QED) is 0.872. The molecule has 4 heteroatoms. The van der Waals surface area contributed by atoms with Gasteiger partial charge in [-0.15, -0.1) is 0 Å². The lowest BCUT2D eigenvalue weighted by Crippen LogP contribution is -2.54. The van der Waals surface area contributed by atoms with Gasteiger partial charge in [-0.3, -0.25) is 0 Å². The van der Waals surface area contributed by atoms with E-state index >= 15 is 0 Å². The predicted octanol–water partition coefficient (Wildman–Crippen LogP) is 2.23. The van der Waals surface area contributed by atoms with E-state index in [2.05, 4.69) is 5.32 Å². The molecule has 0 spiro atoms. The highest BCUT2D eigenvalue weighted by Gasteiger charge is 2.42. The zero-order valence-corrected chi connectivity index (χ0v) is 10.1. The second-order valence-corrected chi connectivity index (χ2v) is 4.93. The van der Waals surface area contributed by atoms with Gasteiger partial charge in [-0.25, -0.2) is 8.78 Å². The van der Waals surface area contributed by atoms with Crippen molar-refractivity contribution >= 4 is 0 Å². The van der Waals surface area contributed by atoms with Crippen molar-refractivity contribution in [3.05, 3.63) is 35.4 Å². The first-order valence-corrected chi connectivity index (χ1v) is 5.80. The molecule has 1 aromatic rings. The van der Waals surface area contributed by atoms with E-state index in [1.165, 1.54) is 12.1 Å². The van der Waals surface area contributed by atoms with Gasteiger partial charge in [-0.05, 0) is 6.07 Å². The van der Waals surface area contributed by atoms with Crippen molar-refractivity contribution in [2.45, 2.75) is 25.3 Å². The summed E-state index contributed by atoms with van der Waals surface area (Å²) in [5.74, 6) is -1.03. The zero-order valence-electron chi connectivity index (χ0n) is 10.1. The molecular weight excluding hydrogens is 224 g/mol. The van der Waals surface area contributed by atoms with Crippen molar-refractivity contribution in [3.63, 3.8) is 0 Å². The molecule has 1 saturated heterocycles. The number of hydrogen-bond acceptors (Lipinski definition) is 2. The lowest BCUT2D eigenvalue weighted by atomic mass is 9.78. The minimum Gasteiger partial charge on any atom is -0.379 e. The molecule has 1 fully saturated rings. The van der Waals surface area contributed by atoms with E-state index in [4.69, 9.17) is 4.74 Å². The molecule has 17 heavy (non-hydrogen) atoms. The van der Waals surface area contributed by atoms with Gasteiger partial charge in [0.1, 0.15) is 11.6 Å². The minimum atomic E-state index is -0.543. The molecule has 0 aromatic heterocycles. The second kappa shape index (κ2) is 4.70. The maximum Gasteiger partial charge on any atom is 0.130 e. The van der Waals surface area contributed by atoms with Crippen LogP contribution >= 0.6 is 0 Å². The fourth-order valence-electron chi connectivity index (χ4n) is 2.02. The molecule has 0 aliphatic carbocycles. The Labute approximate surface area is 100.0 Å². The van der Waals surface area contributed by atoms with Crippen LogP contribution in [-0.2, 0) is 10.2 Å². The Kier molecular flexibility index (Phi) is 3.45. The Morgan fingerprint density at radius 2 is 2.06 bits per heavy atom. The third kappa shape index (κ3) is 2.48. The van der Waals surface area contributed by atoms with Gasteiger partial charge in [0.2, 0.25) is 0 Å². The summed E-state index contributed by atoms with van der Waals surface area (Å²) in [6, 6.07) is 4.09. The van der Waals surface area contributed by atoms with E-state index in [1.54, 1.807) is 0 Å². The average molecular weight is 241 g/mol. The van der Waals surface area contributed by atoms with Crippen LogP contribution in [0.2, 0.25) is 0 Å². The molecule has 0 amide bonds. The zero-order chi connectivity index (χ0) is 12.5. The first kappa shape index (κ1) is 12.5. The molecule has 1 N–H and O–H groups in total. The molecule has 1 heterocycles. The van der Waals surface area contributed by atoms with E-state index in [9.17, 15) is 8.78 Å². The van der Waals surface area contributed by atoms with Gasteiger partial charge in [0.15, 0.2) is 0 Å². The summed E-state index contributed by atoms with van der Waals surface area (Å²) in [5, 5.41) is 3.29. The molecule has 0 atom stereocenters. The molecule has 94 valence electrons. The van der Waals surface area contributed by atoms with Crippen molar-refractivity contribution in [1.82, 2.24) is 5.32 Å². The molecule has 1 aromatic carbocycles. The predicted molar refractivity (Wildman–Crippen MR) is 62.0 cm³/mol. The standard InChI is InChI=1S/C13H17F2NO/c1-9(2)16-6-13(7-17-8-13)11-4-3-10(14)5-12(11)15/h3-5,9,16H,6-8H2,1-2H3. The van der Waals surface area contributed by atoms with Crippen LogP contribution in [0.4, 0.5) is 8.78 Å². The van der Waals surface area contributed by atoms with E-state index < -0.39 is 11.6 Å². The van der Waals surface area contributed by atoms with Crippen LogP contribution in [0.15, 0.2) is 18.2 Å². The molecular formula is C13H17F2NO. The summed E-state index contributed by atoms with van der Waals surface area (Å²) < 4.78 is 31.9. The lowest BCUT2D eigenvalue weighted by Gasteiger charge is -2.42. The van der Waals surface area contributed by atoms with Gasteiger partial charge in [-0.2, -0.15) is 0 Å². The third-order valence-corrected chi connectivity index (χ3v) is 3.11. The maximum atomic E-state index is 13.8. The van der Waals surface area contributed by atoms with Crippen molar-refractivity contribution < 1.29 is 13.5 Å². The number of nitrogens with one attached hydrogen (secondary N) is 1. The molecule has 0 saturated carbocycles. The Hall–Kier alpha value is -1.00. The van der Waals surface area contributed by atoms with E-state index in [-0.39, 0.29) is 5.41 Å². The van der Waals surface area contributed by atoms with E-state index in [0.717, 1.165) is 6.07 Å². The van der Waals surface area contributed by atoms with Gasteiger partial charge in [-0.1, -0.05) is 19.9 Å². The molecule has 2 nitrogen and oxygen atoms in total. The summed E-state index contributed by atoms with van der Waals surface area (Å²) >= 11 is 0.